The van der Waals surface area contributed by atoms with Gasteiger partial charge >= 0.3 is 0 Å². The molecule has 22 heavy (non-hydrogen) atoms. The number of guanidine groups is 1. The van der Waals surface area contributed by atoms with E-state index in [-0.39, 0.29) is 29.6 Å². The lowest BCUT2D eigenvalue weighted by Crippen LogP contribution is -2.46. The average molecular weight is 422 g/mol. The van der Waals surface area contributed by atoms with Crippen molar-refractivity contribution in [1.29, 1.82) is 0 Å². The van der Waals surface area contributed by atoms with Gasteiger partial charge in [-0.1, -0.05) is 0 Å². The number of halogens is 1. The Labute approximate surface area is 151 Å². The summed E-state index contributed by atoms with van der Waals surface area (Å²) in [7, 11) is 1.85. The van der Waals surface area contributed by atoms with Gasteiger partial charge in [-0.25, -0.2) is 0 Å². The third kappa shape index (κ3) is 4.96. The second-order valence-corrected chi connectivity index (χ2v) is 7.09. The molecule has 3 fully saturated rings. The first-order valence-electron chi connectivity index (χ1n) is 8.51. The monoisotopic (exact) mass is 422 g/mol. The van der Waals surface area contributed by atoms with E-state index in [1.54, 1.807) is 0 Å². The molecule has 2 saturated heterocycles. The highest BCUT2D eigenvalue weighted by molar-refractivity contribution is 14.0. The van der Waals surface area contributed by atoms with Crippen LogP contribution in [0.5, 0.6) is 0 Å². The van der Waals surface area contributed by atoms with Gasteiger partial charge < -0.3 is 20.3 Å². The van der Waals surface area contributed by atoms with Crippen molar-refractivity contribution in [2.24, 2.45) is 10.9 Å². The minimum Gasteiger partial charge on any atom is -0.373 e. The van der Waals surface area contributed by atoms with Crippen molar-refractivity contribution in [2.45, 2.75) is 50.7 Å². The van der Waals surface area contributed by atoms with Crippen molar-refractivity contribution in [1.82, 2.24) is 15.5 Å². The number of likely N-dealkylation sites (tertiary alicyclic amines) is 1. The minimum atomic E-state index is -0.0201. The molecule has 2 N–H and O–H groups in total. The van der Waals surface area contributed by atoms with Gasteiger partial charge in [-0.15, -0.1) is 24.0 Å². The molecule has 2 heterocycles. The molecule has 1 aliphatic carbocycles. The Morgan fingerprint density at radius 1 is 1.32 bits per heavy atom. The van der Waals surface area contributed by atoms with Crippen LogP contribution in [0.3, 0.4) is 0 Å². The highest BCUT2D eigenvalue weighted by atomic mass is 127. The van der Waals surface area contributed by atoms with Crippen LogP contribution in [0.25, 0.3) is 0 Å². The molecule has 3 aliphatic rings. The van der Waals surface area contributed by atoms with Crippen LogP contribution in [0.4, 0.5) is 0 Å². The molecule has 0 aromatic heterocycles. The summed E-state index contributed by atoms with van der Waals surface area (Å²) in [4.78, 5) is 7.00. The van der Waals surface area contributed by atoms with E-state index in [1.165, 1.54) is 38.8 Å². The van der Waals surface area contributed by atoms with Gasteiger partial charge in [0, 0.05) is 39.3 Å². The Bertz CT molecular complexity index is 380. The maximum atomic E-state index is 5.81. The van der Waals surface area contributed by atoms with E-state index in [0.717, 1.165) is 44.0 Å². The molecule has 0 amide bonds. The first-order chi connectivity index (χ1) is 10.2. The van der Waals surface area contributed by atoms with Crippen LogP contribution in [0.15, 0.2) is 4.99 Å². The Morgan fingerprint density at radius 2 is 2.14 bits per heavy atom. The molecule has 5 nitrogen and oxygen atoms in total. The number of nitrogens with one attached hydrogen (secondary N) is 2. The van der Waals surface area contributed by atoms with Gasteiger partial charge in [0.05, 0.1) is 5.60 Å². The van der Waals surface area contributed by atoms with E-state index in [4.69, 9.17) is 4.74 Å². The largest absolute Gasteiger partial charge is 0.373 e. The number of hydrogen-bond acceptors (Lipinski definition) is 3. The molecule has 128 valence electrons. The van der Waals surface area contributed by atoms with E-state index < -0.39 is 0 Å². The second kappa shape index (κ2) is 8.15. The van der Waals surface area contributed by atoms with Crippen LogP contribution in [0.2, 0.25) is 0 Å². The summed E-state index contributed by atoms with van der Waals surface area (Å²) in [6, 6.07) is 0.909. The summed E-state index contributed by atoms with van der Waals surface area (Å²) in [5, 5.41) is 6.91. The van der Waals surface area contributed by atoms with Crippen LogP contribution in [0, 0.1) is 5.92 Å². The normalized spacial score (nSPS) is 32.8. The molecule has 1 saturated carbocycles. The fourth-order valence-electron chi connectivity index (χ4n) is 3.51. The van der Waals surface area contributed by atoms with Gasteiger partial charge in [0.2, 0.25) is 0 Å². The topological polar surface area (TPSA) is 48.9 Å². The van der Waals surface area contributed by atoms with Crippen molar-refractivity contribution in [3.05, 3.63) is 0 Å². The summed E-state index contributed by atoms with van der Waals surface area (Å²) in [5.74, 6) is 1.68. The first-order valence-corrected chi connectivity index (χ1v) is 8.51. The fraction of sp³-hybridized carbons (Fsp3) is 0.938. The summed E-state index contributed by atoms with van der Waals surface area (Å²) in [6.45, 7) is 7.49. The van der Waals surface area contributed by atoms with Crippen molar-refractivity contribution in [3.8, 4) is 0 Å². The Hall–Kier alpha value is -0.0800. The zero-order valence-corrected chi connectivity index (χ0v) is 16.3. The summed E-state index contributed by atoms with van der Waals surface area (Å²) in [5.41, 5.74) is -0.0201. The predicted octanol–water partition coefficient (Wildman–Crippen LogP) is 1.82. The molecule has 0 spiro atoms. The molecule has 2 aliphatic heterocycles. The molecule has 2 atom stereocenters. The van der Waals surface area contributed by atoms with E-state index in [9.17, 15) is 0 Å². The predicted molar refractivity (Wildman–Crippen MR) is 101 cm³/mol. The number of nitrogens with zero attached hydrogens (tertiary/aromatic N) is 2. The van der Waals surface area contributed by atoms with Gasteiger partial charge in [-0.05, 0) is 51.5 Å². The maximum Gasteiger partial charge on any atom is 0.191 e. The average Bonchev–Trinajstić information content (AvgIpc) is 3.07. The third-order valence-corrected chi connectivity index (χ3v) is 5.09. The van der Waals surface area contributed by atoms with Crippen LogP contribution >= 0.6 is 24.0 Å². The Kier molecular flexibility index (Phi) is 6.76. The van der Waals surface area contributed by atoms with E-state index >= 15 is 0 Å². The van der Waals surface area contributed by atoms with Gasteiger partial charge in [0.15, 0.2) is 5.96 Å². The Morgan fingerprint density at radius 3 is 2.77 bits per heavy atom. The summed E-state index contributed by atoms with van der Waals surface area (Å²) < 4.78 is 5.81. The van der Waals surface area contributed by atoms with Gasteiger partial charge in [-0.2, -0.15) is 0 Å². The van der Waals surface area contributed by atoms with Crippen LogP contribution < -0.4 is 10.6 Å². The van der Waals surface area contributed by atoms with Crippen molar-refractivity contribution in [3.63, 3.8) is 0 Å². The van der Waals surface area contributed by atoms with Crippen molar-refractivity contribution < 1.29 is 4.74 Å². The Balaban J connectivity index is 0.00000176. The summed E-state index contributed by atoms with van der Waals surface area (Å²) >= 11 is 0. The highest BCUT2D eigenvalue weighted by Crippen LogP contribution is 2.31. The smallest absolute Gasteiger partial charge is 0.191 e. The molecule has 0 aromatic carbocycles. The number of hydrogen-bond donors (Lipinski definition) is 2. The molecule has 2 unspecified atom stereocenters. The van der Waals surface area contributed by atoms with Crippen LogP contribution in [-0.2, 0) is 4.74 Å². The molecular weight excluding hydrogens is 391 g/mol. The molecule has 0 bridgehead atoms. The minimum absolute atomic E-state index is 0. The molecule has 3 rings (SSSR count). The standard InChI is InChI=1S/C16H30N4O.HI/c1-16(7-3-9-21-16)12-19-15(17-2)18-10-13-6-8-20(11-13)14-4-5-14;/h13-14H,3-12H2,1-2H3,(H2,17,18,19);1H. The fourth-order valence-corrected chi connectivity index (χ4v) is 3.51. The van der Waals surface area contributed by atoms with Gasteiger partial charge in [-0.3, -0.25) is 4.99 Å². The second-order valence-electron chi connectivity index (χ2n) is 7.09. The molecule has 0 aromatic rings. The molecule has 6 heteroatoms. The van der Waals surface area contributed by atoms with E-state index in [1.807, 2.05) is 7.05 Å². The van der Waals surface area contributed by atoms with Crippen LogP contribution in [-0.4, -0.2) is 62.3 Å². The number of aliphatic imine (C=N–C) groups is 1. The highest BCUT2D eigenvalue weighted by Gasteiger charge is 2.34. The van der Waals surface area contributed by atoms with E-state index in [2.05, 4.69) is 27.4 Å². The third-order valence-electron chi connectivity index (χ3n) is 5.09. The molecular formula is C16H31IN4O. The zero-order valence-electron chi connectivity index (χ0n) is 13.9. The van der Waals surface area contributed by atoms with Crippen LogP contribution in [0.1, 0.15) is 39.0 Å². The van der Waals surface area contributed by atoms with Gasteiger partial charge in [0.1, 0.15) is 0 Å². The lowest BCUT2D eigenvalue weighted by Gasteiger charge is -2.25. The van der Waals surface area contributed by atoms with Crippen molar-refractivity contribution >= 4 is 29.9 Å². The number of ether oxygens (including phenoxy) is 1. The lowest BCUT2D eigenvalue weighted by atomic mass is 10.0. The summed E-state index contributed by atoms with van der Waals surface area (Å²) in [6.07, 6.45) is 6.46. The van der Waals surface area contributed by atoms with E-state index in [0.29, 0.717) is 0 Å². The lowest BCUT2D eigenvalue weighted by molar-refractivity contribution is 0.0242. The van der Waals surface area contributed by atoms with Crippen molar-refractivity contribution in [2.75, 3.05) is 39.8 Å². The quantitative estimate of drug-likeness (QED) is 0.403. The number of rotatable bonds is 5. The first kappa shape index (κ1) is 18.3. The maximum absolute atomic E-state index is 5.81. The SMILES string of the molecule is CN=C(NCC1CCN(C2CC2)C1)NCC1(C)CCCO1.I. The molecule has 0 radical (unpaired) electrons. The van der Waals surface area contributed by atoms with Gasteiger partial charge in [0.25, 0.3) is 0 Å². The zero-order chi connectivity index (χ0) is 14.7.